The summed E-state index contributed by atoms with van der Waals surface area (Å²) in [6, 6.07) is 9.89. The number of ether oxygens (including phenoxy) is 1. The maximum atomic E-state index is 12.9. The van der Waals surface area contributed by atoms with Gasteiger partial charge in [0.1, 0.15) is 12.3 Å². The number of fused-ring (bicyclic) bond motifs is 4. The Kier molecular flexibility index (Phi) is 5.49. The van der Waals surface area contributed by atoms with Crippen LogP contribution in [0.3, 0.4) is 0 Å². The Labute approximate surface area is 175 Å². The van der Waals surface area contributed by atoms with Gasteiger partial charge in [-0.2, -0.15) is 4.98 Å². The molecule has 1 atom stereocenters. The minimum atomic E-state index is -3.90. The normalized spacial score (nSPS) is 17.6. The summed E-state index contributed by atoms with van der Waals surface area (Å²) in [5.74, 6) is 0.900. The van der Waals surface area contributed by atoms with E-state index in [9.17, 15) is 8.42 Å². The number of hydrogen-bond acceptors (Lipinski definition) is 8. The molecule has 0 aliphatic carbocycles. The van der Waals surface area contributed by atoms with Crippen molar-refractivity contribution in [3.05, 3.63) is 48.8 Å². The van der Waals surface area contributed by atoms with Gasteiger partial charge in [0.2, 0.25) is 11.8 Å². The Hall–Kier alpha value is -3.27. The molecule has 0 saturated carbocycles. The van der Waals surface area contributed by atoms with Crippen LogP contribution in [0.25, 0.3) is 11.5 Å². The summed E-state index contributed by atoms with van der Waals surface area (Å²) >= 11 is 0. The van der Waals surface area contributed by atoms with Crippen molar-refractivity contribution in [3.8, 4) is 17.4 Å². The molecule has 0 saturated heterocycles. The predicted octanol–water partition coefficient (Wildman–Crippen LogP) is 2.95. The fraction of sp³-hybridized carbons (Fsp3) is 0.300. The third-order valence-corrected chi connectivity index (χ3v) is 5.75. The number of benzene rings is 1. The molecular formula is C20H22N6O3S. The van der Waals surface area contributed by atoms with Gasteiger partial charge in [-0.05, 0) is 36.6 Å². The second kappa shape index (κ2) is 8.23. The van der Waals surface area contributed by atoms with Crippen molar-refractivity contribution in [2.45, 2.75) is 31.2 Å². The molecule has 30 heavy (non-hydrogen) atoms. The minimum Gasteiger partial charge on any atom is -0.475 e. The van der Waals surface area contributed by atoms with Crippen molar-refractivity contribution in [3.63, 3.8) is 0 Å². The lowest BCUT2D eigenvalue weighted by Gasteiger charge is -2.23. The lowest BCUT2D eigenvalue weighted by atomic mass is 10.0. The van der Waals surface area contributed by atoms with Gasteiger partial charge in [0, 0.05) is 24.1 Å². The van der Waals surface area contributed by atoms with E-state index in [0.717, 1.165) is 6.42 Å². The first-order valence-electron chi connectivity index (χ1n) is 9.58. The second-order valence-corrected chi connectivity index (χ2v) is 9.08. The number of hydrogen-bond donors (Lipinski definition) is 2. The highest BCUT2D eigenvalue weighted by Gasteiger charge is 2.21. The molecule has 1 aliphatic heterocycles. The van der Waals surface area contributed by atoms with Crippen LogP contribution in [0.4, 0.5) is 11.6 Å². The SMILES string of the molecule is CC(C)C[C@@H]1COc2cc(-c3ncccn3)nc(n2)NS(=O)(=O)c2cccc(c2)N1. The molecule has 2 aromatic heterocycles. The van der Waals surface area contributed by atoms with Crippen molar-refractivity contribution in [2.75, 3.05) is 16.6 Å². The number of aromatic nitrogens is 4. The summed E-state index contributed by atoms with van der Waals surface area (Å²) in [6.07, 6.45) is 4.00. The zero-order valence-corrected chi connectivity index (χ0v) is 17.4. The Bertz CT molecular complexity index is 1140. The Morgan fingerprint density at radius 1 is 1.13 bits per heavy atom. The molecule has 4 bridgehead atoms. The summed E-state index contributed by atoms with van der Waals surface area (Å²) in [5.41, 5.74) is 1.06. The van der Waals surface area contributed by atoms with Crippen molar-refractivity contribution in [2.24, 2.45) is 5.92 Å². The molecule has 156 valence electrons. The maximum absolute atomic E-state index is 12.9. The quantitative estimate of drug-likeness (QED) is 0.656. The van der Waals surface area contributed by atoms with E-state index in [4.69, 9.17) is 4.74 Å². The van der Waals surface area contributed by atoms with Crippen LogP contribution < -0.4 is 14.8 Å². The van der Waals surface area contributed by atoms with E-state index in [1.165, 1.54) is 6.07 Å². The van der Waals surface area contributed by atoms with Gasteiger partial charge in [-0.15, -0.1) is 0 Å². The third kappa shape index (κ3) is 4.65. The average molecular weight is 427 g/mol. The van der Waals surface area contributed by atoms with Crippen LogP contribution in [-0.2, 0) is 10.0 Å². The number of anilines is 2. The molecule has 0 spiro atoms. The first kappa shape index (κ1) is 20.0. The number of nitrogens with one attached hydrogen (secondary N) is 2. The van der Waals surface area contributed by atoms with E-state index in [2.05, 4.69) is 43.8 Å². The standard InChI is InChI=1S/C20H22N6O3S/c1-13(2)9-15-12-29-18-11-17(19-21-7-4-8-22-19)24-20(25-18)26-30(27,28)16-6-3-5-14(10-16)23-15/h3-8,10-11,13,15,23H,9,12H2,1-2H3,(H,24,25,26)/t15-/m1/s1. The van der Waals surface area contributed by atoms with Crippen molar-refractivity contribution < 1.29 is 13.2 Å². The fourth-order valence-corrected chi connectivity index (χ4v) is 4.17. The van der Waals surface area contributed by atoms with Gasteiger partial charge in [-0.3, -0.25) is 0 Å². The number of nitrogens with zero attached hydrogens (tertiary/aromatic N) is 4. The molecule has 0 unspecified atom stereocenters. The molecular weight excluding hydrogens is 404 g/mol. The Morgan fingerprint density at radius 3 is 2.70 bits per heavy atom. The van der Waals surface area contributed by atoms with Crippen LogP contribution in [0.15, 0.2) is 53.7 Å². The largest absolute Gasteiger partial charge is 0.475 e. The van der Waals surface area contributed by atoms with Gasteiger partial charge in [0.15, 0.2) is 5.82 Å². The van der Waals surface area contributed by atoms with E-state index in [1.807, 2.05) is 6.07 Å². The molecule has 1 aliphatic rings. The van der Waals surface area contributed by atoms with Crippen molar-refractivity contribution in [1.29, 1.82) is 0 Å². The van der Waals surface area contributed by atoms with E-state index in [1.54, 1.807) is 36.7 Å². The first-order chi connectivity index (χ1) is 14.4. The molecule has 0 amide bonds. The van der Waals surface area contributed by atoms with Crippen molar-refractivity contribution in [1.82, 2.24) is 19.9 Å². The Morgan fingerprint density at radius 2 is 1.93 bits per heavy atom. The maximum Gasteiger partial charge on any atom is 0.264 e. The molecule has 1 aromatic carbocycles. The summed E-state index contributed by atoms with van der Waals surface area (Å²) in [5, 5.41) is 3.37. The molecule has 3 heterocycles. The highest BCUT2D eigenvalue weighted by Crippen LogP contribution is 2.25. The van der Waals surface area contributed by atoms with Crippen LogP contribution in [0.5, 0.6) is 5.88 Å². The lowest BCUT2D eigenvalue weighted by Crippen LogP contribution is -2.29. The van der Waals surface area contributed by atoms with Gasteiger partial charge in [-0.1, -0.05) is 19.9 Å². The number of rotatable bonds is 3. The average Bonchev–Trinajstić information content (AvgIpc) is 2.71. The lowest BCUT2D eigenvalue weighted by molar-refractivity contribution is 0.271. The molecule has 3 aromatic rings. The summed E-state index contributed by atoms with van der Waals surface area (Å²) in [7, 11) is -3.90. The third-order valence-electron chi connectivity index (χ3n) is 4.43. The molecule has 10 heteroatoms. The van der Waals surface area contributed by atoms with Gasteiger partial charge in [0.05, 0.1) is 10.9 Å². The fourth-order valence-electron chi connectivity index (χ4n) is 3.18. The smallest absolute Gasteiger partial charge is 0.264 e. The molecule has 2 N–H and O–H groups in total. The van der Waals surface area contributed by atoms with E-state index in [-0.39, 0.29) is 22.8 Å². The topological polar surface area (TPSA) is 119 Å². The van der Waals surface area contributed by atoms with Crippen LogP contribution in [-0.4, -0.2) is 41.0 Å². The van der Waals surface area contributed by atoms with E-state index in [0.29, 0.717) is 29.7 Å². The van der Waals surface area contributed by atoms with Gasteiger partial charge in [0.25, 0.3) is 10.0 Å². The Balaban J connectivity index is 1.80. The second-order valence-electron chi connectivity index (χ2n) is 7.40. The van der Waals surface area contributed by atoms with Gasteiger partial charge < -0.3 is 10.1 Å². The van der Waals surface area contributed by atoms with Gasteiger partial charge >= 0.3 is 0 Å². The highest BCUT2D eigenvalue weighted by molar-refractivity contribution is 7.92. The molecule has 4 rings (SSSR count). The van der Waals surface area contributed by atoms with Crippen LogP contribution in [0, 0.1) is 5.92 Å². The zero-order chi connectivity index (χ0) is 21.1. The molecule has 0 fully saturated rings. The summed E-state index contributed by atoms with van der Waals surface area (Å²) in [6.45, 7) is 4.59. The van der Waals surface area contributed by atoms with Crippen molar-refractivity contribution >= 4 is 21.7 Å². The monoisotopic (exact) mass is 426 g/mol. The predicted molar refractivity (Wildman–Crippen MR) is 113 cm³/mol. The molecule has 0 radical (unpaired) electrons. The summed E-state index contributed by atoms with van der Waals surface area (Å²) in [4.78, 5) is 17.0. The minimum absolute atomic E-state index is 0.0369. The van der Waals surface area contributed by atoms with Crippen LogP contribution >= 0.6 is 0 Å². The van der Waals surface area contributed by atoms with E-state index < -0.39 is 10.0 Å². The molecule has 9 nitrogen and oxygen atoms in total. The first-order valence-corrected chi connectivity index (χ1v) is 11.1. The van der Waals surface area contributed by atoms with Crippen LogP contribution in [0.1, 0.15) is 20.3 Å². The number of sulfonamides is 1. The van der Waals surface area contributed by atoms with E-state index >= 15 is 0 Å². The van der Waals surface area contributed by atoms with Gasteiger partial charge in [-0.25, -0.2) is 28.1 Å². The summed E-state index contributed by atoms with van der Waals surface area (Å²) < 4.78 is 34.2. The zero-order valence-electron chi connectivity index (χ0n) is 16.6. The van der Waals surface area contributed by atoms with Crippen LogP contribution in [0.2, 0.25) is 0 Å². The highest BCUT2D eigenvalue weighted by atomic mass is 32.2.